The summed E-state index contributed by atoms with van der Waals surface area (Å²) in [5.41, 5.74) is 3.17. The van der Waals surface area contributed by atoms with Crippen LogP contribution < -0.4 is 16.0 Å². The molecule has 3 rings (SSSR count). The second-order valence-electron chi connectivity index (χ2n) is 7.74. The lowest BCUT2D eigenvalue weighted by Gasteiger charge is -2.18. The molecule has 3 aromatic rings. The van der Waals surface area contributed by atoms with Gasteiger partial charge in [0.25, 0.3) is 5.91 Å². The summed E-state index contributed by atoms with van der Waals surface area (Å²) in [5.74, 6) is 0.784. The van der Waals surface area contributed by atoms with Crippen LogP contribution in [0.2, 0.25) is 0 Å². The molecule has 0 heterocycles. The van der Waals surface area contributed by atoms with Crippen molar-refractivity contribution in [1.29, 1.82) is 0 Å². The van der Waals surface area contributed by atoms with Crippen molar-refractivity contribution >= 4 is 35.1 Å². The first-order valence-corrected chi connectivity index (χ1v) is 12.5. The van der Waals surface area contributed by atoms with Gasteiger partial charge in [0, 0.05) is 40.7 Å². The highest BCUT2D eigenvalue weighted by Crippen LogP contribution is 2.24. The van der Waals surface area contributed by atoms with E-state index in [2.05, 4.69) is 46.8 Å². The molecule has 0 fully saturated rings. The molecule has 34 heavy (non-hydrogen) atoms. The minimum atomic E-state index is -0.332. The van der Waals surface area contributed by atoms with Crippen molar-refractivity contribution in [2.45, 2.75) is 24.5 Å². The van der Waals surface area contributed by atoms with E-state index >= 15 is 0 Å². The minimum Gasteiger partial charge on any atom is -0.351 e. The van der Waals surface area contributed by atoms with E-state index in [-0.39, 0.29) is 11.9 Å². The van der Waals surface area contributed by atoms with E-state index in [0.29, 0.717) is 23.5 Å². The number of likely N-dealkylation sites (N-methyl/N-ethyl adjacent to an activating group) is 1. The van der Waals surface area contributed by atoms with E-state index in [4.69, 9.17) is 0 Å². The largest absolute Gasteiger partial charge is 0.351 e. The average molecular weight is 477 g/mol. The molecule has 178 valence electrons. The number of amides is 3. The van der Waals surface area contributed by atoms with Crippen molar-refractivity contribution in [3.63, 3.8) is 0 Å². The number of hydrogen-bond acceptors (Lipinski definition) is 4. The van der Waals surface area contributed by atoms with Crippen molar-refractivity contribution in [2.75, 3.05) is 36.8 Å². The Balaban J connectivity index is 1.43. The smallest absolute Gasteiger partial charge is 0.323 e. The summed E-state index contributed by atoms with van der Waals surface area (Å²) in [6.45, 7) is 7.57. The van der Waals surface area contributed by atoms with Gasteiger partial charge >= 0.3 is 6.03 Å². The Labute approximate surface area is 206 Å². The molecule has 3 amide bonds. The SMILES string of the molecule is CCN(CC)CCNC(=O)c1ccc(NC(=O)Nc2ccc(SCc3ccccc3)cc2)cc1. The lowest BCUT2D eigenvalue weighted by molar-refractivity contribution is 0.0949. The van der Waals surface area contributed by atoms with Gasteiger partial charge in [0.05, 0.1) is 0 Å². The average Bonchev–Trinajstić information content (AvgIpc) is 2.87. The topological polar surface area (TPSA) is 73.5 Å². The molecule has 0 bridgehead atoms. The molecular weight excluding hydrogens is 444 g/mol. The molecule has 7 heteroatoms. The third kappa shape index (κ3) is 8.24. The van der Waals surface area contributed by atoms with Crippen molar-refractivity contribution in [1.82, 2.24) is 10.2 Å². The van der Waals surface area contributed by atoms with Gasteiger partial charge < -0.3 is 20.9 Å². The van der Waals surface area contributed by atoms with Gasteiger partial charge in [0.1, 0.15) is 0 Å². The first kappa shape index (κ1) is 25.3. The third-order valence-corrected chi connectivity index (χ3v) is 6.46. The molecule has 0 aromatic heterocycles. The Morgan fingerprint density at radius 3 is 1.97 bits per heavy atom. The van der Waals surface area contributed by atoms with Crippen molar-refractivity contribution < 1.29 is 9.59 Å². The van der Waals surface area contributed by atoms with Gasteiger partial charge in [0.2, 0.25) is 0 Å². The van der Waals surface area contributed by atoms with Crippen LogP contribution in [0.1, 0.15) is 29.8 Å². The highest BCUT2D eigenvalue weighted by atomic mass is 32.2. The van der Waals surface area contributed by atoms with Crippen LogP contribution in [0.3, 0.4) is 0 Å². The second-order valence-corrected chi connectivity index (χ2v) is 8.79. The summed E-state index contributed by atoms with van der Waals surface area (Å²) in [6, 6.07) is 24.6. The van der Waals surface area contributed by atoms with Gasteiger partial charge in [-0.05, 0) is 67.2 Å². The number of carbonyl (C=O) groups excluding carboxylic acids is 2. The summed E-state index contributed by atoms with van der Waals surface area (Å²) in [4.78, 5) is 28.0. The number of rotatable bonds is 11. The predicted octanol–water partition coefficient (Wildman–Crippen LogP) is 5.69. The van der Waals surface area contributed by atoms with E-state index in [0.717, 1.165) is 30.3 Å². The lowest BCUT2D eigenvalue weighted by Crippen LogP contribution is -2.34. The number of nitrogens with one attached hydrogen (secondary N) is 3. The Kier molecular flexibility index (Phi) is 10.0. The molecule has 0 atom stereocenters. The molecule has 0 unspecified atom stereocenters. The van der Waals surface area contributed by atoms with E-state index in [1.807, 2.05) is 42.5 Å². The molecule has 0 saturated heterocycles. The summed E-state index contributed by atoms with van der Waals surface area (Å²) < 4.78 is 0. The summed E-state index contributed by atoms with van der Waals surface area (Å²) >= 11 is 1.75. The second kappa shape index (κ2) is 13.4. The van der Waals surface area contributed by atoms with Crippen LogP contribution in [0.15, 0.2) is 83.8 Å². The maximum absolute atomic E-state index is 12.3. The molecular formula is C27H32N4O2S. The zero-order chi connectivity index (χ0) is 24.2. The monoisotopic (exact) mass is 476 g/mol. The Morgan fingerprint density at radius 1 is 0.794 bits per heavy atom. The first-order chi connectivity index (χ1) is 16.6. The number of anilines is 2. The van der Waals surface area contributed by atoms with Crippen LogP contribution in [-0.2, 0) is 5.75 Å². The molecule has 3 aromatic carbocycles. The van der Waals surface area contributed by atoms with Crippen LogP contribution in [0.5, 0.6) is 0 Å². The summed E-state index contributed by atoms with van der Waals surface area (Å²) in [6.07, 6.45) is 0. The number of carbonyl (C=O) groups is 2. The van der Waals surface area contributed by atoms with Crippen LogP contribution >= 0.6 is 11.8 Å². The Bertz CT molecular complexity index is 1040. The van der Waals surface area contributed by atoms with E-state index in [9.17, 15) is 9.59 Å². The zero-order valence-corrected chi connectivity index (χ0v) is 20.5. The van der Waals surface area contributed by atoms with Gasteiger partial charge in [-0.1, -0.05) is 44.2 Å². The number of hydrogen-bond donors (Lipinski definition) is 3. The molecule has 0 aliphatic heterocycles. The fraction of sp³-hybridized carbons (Fsp3) is 0.259. The summed E-state index contributed by atoms with van der Waals surface area (Å²) in [7, 11) is 0. The van der Waals surface area contributed by atoms with Crippen molar-refractivity contribution in [2.24, 2.45) is 0 Å². The van der Waals surface area contributed by atoms with Gasteiger partial charge in [-0.2, -0.15) is 0 Å². The molecule has 3 N–H and O–H groups in total. The molecule has 0 radical (unpaired) electrons. The predicted molar refractivity (Wildman–Crippen MR) is 142 cm³/mol. The Hall–Kier alpha value is -3.29. The van der Waals surface area contributed by atoms with Gasteiger partial charge in [-0.25, -0.2) is 4.79 Å². The fourth-order valence-electron chi connectivity index (χ4n) is 3.34. The maximum Gasteiger partial charge on any atom is 0.323 e. The first-order valence-electron chi connectivity index (χ1n) is 11.5. The van der Waals surface area contributed by atoms with Crippen molar-refractivity contribution in [3.8, 4) is 0 Å². The molecule has 0 aliphatic carbocycles. The van der Waals surface area contributed by atoms with Crippen LogP contribution in [0.4, 0.5) is 16.2 Å². The zero-order valence-electron chi connectivity index (χ0n) is 19.7. The molecule has 0 aliphatic rings. The molecule has 0 saturated carbocycles. The quantitative estimate of drug-likeness (QED) is 0.311. The van der Waals surface area contributed by atoms with Crippen LogP contribution in [-0.4, -0.2) is 43.0 Å². The lowest BCUT2D eigenvalue weighted by atomic mass is 10.2. The number of benzene rings is 3. The summed E-state index contributed by atoms with van der Waals surface area (Å²) in [5, 5.41) is 8.56. The van der Waals surface area contributed by atoms with E-state index in [1.165, 1.54) is 5.56 Å². The minimum absolute atomic E-state index is 0.117. The van der Waals surface area contributed by atoms with Gasteiger partial charge in [0.15, 0.2) is 0 Å². The van der Waals surface area contributed by atoms with Crippen LogP contribution in [0.25, 0.3) is 0 Å². The molecule has 6 nitrogen and oxygen atoms in total. The van der Waals surface area contributed by atoms with Crippen molar-refractivity contribution in [3.05, 3.63) is 90.0 Å². The maximum atomic E-state index is 12.3. The third-order valence-electron chi connectivity index (χ3n) is 5.37. The van der Waals surface area contributed by atoms with Gasteiger partial charge in [-0.3, -0.25) is 4.79 Å². The van der Waals surface area contributed by atoms with E-state index < -0.39 is 0 Å². The number of thioether (sulfide) groups is 1. The highest BCUT2D eigenvalue weighted by molar-refractivity contribution is 7.98. The highest BCUT2D eigenvalue weighted by Gasteiger charge is 2.08. The normalized spacial score (nSPS) is 10.7. The fourth-order valence-corrected chi connectivity index (χ4v) is 4.20. The van der Waals surface area contributed by atoms with E-state index in [1.54, 1.807) is 36.0 Å². The van der Waals surface area contributed by atoms with Gasteiger partial charge in [-0.15, -0.1) is 11.8 Å². The Morgan fingerprint density at radius 2 is 1.38 bits per heavy atom. The number of nitrogens with zero attached hydrogens (tertiary/aromatic N) is 1. The number of urea groups is 1. The standard InChI is InChI=1S/C27H32N4O2S/c1-3-31(4-2)19-18-28-26(32)22-10-12-23(13-11-22)29-27(33)30-24-14-16-25(17-15-24)34-20-21-8-6-5-7-9-21/h5-17H,3-4,18-20H2,1-2H3,(H,28,32)(H2,29,30,33). The molecule has 0 spiro atoms. The van der Waals surface area contributed by atoms with Crippen LogP contribution in [0, 0.1) is 0 Å².